The fourth-order valence-corrected chi connectivity index (χ4v) is 4.00. The number of benzene rings is 1. The highest BCUT2D eigenvalue weighted by atomic mass is 127. The van der Waals surface area contributed by atoms with E-state index >= 15 is 0 Å². The molecule has 1 saturated heterocycles. The molecule has 1 aromatic carbocycles. The summed E-state index contributed by atoms with van der Waals surface area (Å²) in [5.74, 6) is 3.45. The van der Waals surface area contributed by atoms with E-state index in [-0.39, 0.29) is 24.0 Å². The van der Waals surface area contributed by atoms with E-state index < -0.39 is 0 Å². The normalized spacial score (nSPS) is 18.7. The number of rotatable bonds is 8. The molecule has 0 amide bonds. The second-order valence-corrected chi connectivity index (χ2v) is 7.72. The molecule has 1 N–H and O–H groups in total. The molecule has 1 aliphatic heterocycles. The van der Waals surface area contributed by atoms with Crippen LogP contribution in [0, 0.1) is 5.92 Å². The lowest BCUT2D eigenvalue weighted by molar-refractivity contribution is 0.189. The quantitative estimate of drug-likeness (QED) is 0.301. The van der Waals surface area contributed by atoms with Crippen LogP contribution < -0.4 is 19.5 Å². The number of nitrogens with one attached hydrogen (secondary N) is 1. The fourth-order valence-electron chi connectivity index (χ4n) is 4.00. The number of imidazole rings is 1. The van der Waals surface area contributed by atoms with Gasteiger partial charge in [-0.05, 0) is 43.9 Å². The molecule has 1 fully saturated rings. The monoisotopic (exact) mass is 557 g/mol. The molecule has 0 bridgehead atoms. The molecule has 9 heteroatoms. The minimum absolute atomic E-state index is 0. The highest BCUT2D eigenvalue weighted by Gasteiger charge is 2.29. The number of halogens is 1. The summed E-state index contributed by atoms with van der Waals surface area (Å²) in [5, 5.41) is 3.46. The highest BCUT2D eigenvalue weighted by Crippen LogP contribution is 2.38. The van der Waals surface area contributed by atoms with E-state index in [2.05, 4.69) is 33.6 Å². The Morgan fingerprint density at radius 2 is 1.94 bits per heavy atom. The third-order valence-electron chi connectivity index (χ3n) is 5.68. The number of nitrogens with zero attached hydrogens (tertiary/aromatic N) is 4. The highest BCUT2D eigenvalue weighted by molar-refractivity contribution is 14.0. The van der Waals surface area contributed by atoms with Gasteiger partial charge in [0, 0.05) is 32.0 Å². The van der Waals surface area contributed by atoms with Crippen molar-refractivity contribution in [3.8, 4) is 17.2 Å². The van der Waals surface area contributed by atoms with Gasteiger partial charge in [0.15, 0.2) is 17.5 Å². The number of likely N-dealkylation sites (tertiary alicyclic amines) is 1. The Bertz CT molecular complexity index is 834. The van der Waals surface area contributed by atoms with Crippen molar-refractivity contribution in [1.29, 1.82) is 0 Å². The lowest BCUT2D eigenvalue weighted by Crippen LogP contribution is -2.49. The average Bonchev–Trinajstić information content (AvgIpc) is 3.32. The van der Waals surface area contributed by atoms with E-state index in [0.717, 1.165) is 37.6 Å². The van der Waals surface area contributed by atoms with Crippen molar-refractivity contribution in [1.82, 2.24) is 19.8 Å². The van der Waals surface area contributed by atoms with Crippen molar-refractivity contribution in [2.24, 2.45) is 10.9 Å². The minimum atomic E-state index is 0. The molecule has 1 aromatic heterocycles. The van der Waals surface area contributed by atoms with E-state index in [0.29, 0.717) is 42.4 Å². The Kier molecular flexibility index (Phi) is 10.4. The predicted molar refractivity (Wildman–Crippen MR) is 138 cm³/mol. The molecule has 0 aliphatic carbocycles. The van der Waals surface area contributed by atoms with Gasteiger partial charge in [-0.1, -0.05) is 6.92 Å². The molecule has 1 aliphatic rings. The smallest absolute Gasteiger partial charge is 0.203 e. The van der Waals surface area contributed by atoms with Crippen LogP contribution in [0.15, 0.2) is 35.8 Å². The number of guanidine groups is 1. The topological polar surface area (TPSA) is 73.1 Å². The van der Waals surface area contributed by atoms with Gasteiger partial charge in [-0.3, -0.25) is 0 Å². The van der Waals surface area contributed by atoms with Crippen molar-refractivity contribution in [2.45, 2.75) is 39.8 Å². The van der Waals surface area contributed by atoms with Crippen LogP contribution in [0.25, 0.3) is 0 Å². The summed E-state index contributed by atoms with van der Waals surface area (Å²) in [5.41, 5.74) is 1.00. The summed E-state index contributed by atoms with van der Waals surface area (Å²) >= 11 is 0. The number of aliphatic imine (C=N–C) groups is 1. The van der Waals surface area contributed by atoms with Crippen LogP contribution in [0.3, 0.4) is 0 Å². The largest absolute Gasteiger partial charge is 0.493 e. The molecule has 0 radical (unpaired) electrons. The van der Waals surface area contributed by atoms with Gasteiger partial charge in [-0.15, -0.1) is 24.0 Å². The first-order valence-electron chi connectivity index (χ1n) is 11.0. The first-order valence-corrected chi connectivity index (χ1v) is 11.0. The summed E-state index contributed by atoms with van der Waals surface area (Å²) in [7, 11) is 3.28. The number of piperidine rings is 1. The molecule has 2 atom stereocenters. The minimum Gasteiger partial charge on any atom is -0.493 e. The van der Waals surface area contributed by atoms with Gasteiger partial charge in [0.1, 0.15) is 0 Å². The Hall–Kier alpha value is -2.17. The second kappa shape index (κ2) is 12.8. The molecule has 8 nitrogen and oxygen atoms in total. The van der Waals surface area contributed by atoms with E-state index in [1.165, 1.54) is 0 Å². The van der Waals surface area contributed by atoms with Gasteiger partial charge < -0.3 is 29.0 Å². The van der Waals surface area contributed by atoms with E-state index in [9.17, 15) is 0 Å². The third-order valence-corrected chi connectivity index (χ3v) is 5.68. The Balaban J connectivity index is 0.00000363. The van der Waals surface area contributed by atoms with Crippen LogP contribution in [0.4, 0.5) is 0 Å². The molecule has 2 unspecified atom stereocenters. The standard InChI is InChI=1S/C23H35N5O3.HI/c1-6-25-23(27-10-8-17(3)19(15-27)28-11-9-24-16-28)26-14-18-12-20(29-4)22(31-7-2)21(13-18)30-5;/h9,11-13,16-17,19H,6-8,10,14-15H2,1-5H3,(H,25,26);1H. The van der Waals surface area contributed by atoms with Crippen LogP contribution in [0.5, 0.6) is 17.2 Å². The van der Waals surface area contributed by atoms with Gasteiger partial charge in [0.2, 0.25) is 5.75 Å². The van der Waals surface area contributed by atoms with Gasteiger partial charge in [-0.2, -0.15) is 0 Å². The molecule has 2 aromatic rings. The first-order chi connectivity index (χ1) is 15.1. The molecule has 3 rings (SSSR count). The third kappa shape index (κ3) is 6.20. The second-order valence-electron chi connectivity index (χ2n) is 7.72. The number of hydrogen-bond acceptors (Lipinski definition) is 5. The van der Waals surface area contributed by atoms with Crippen LogP contribution >= 0.6 is 24.0 Å². The Labute approximate surface area is 208 Å². The van der Waals surface area contributed by atoms with Crippen molar-refractivity contribution in [2.75, 3.05) is 40.5 Å². The Morgan fingerprint density at radius 1 is 1.22 bits per heavy atom. The zero-order chi connectivity index (χ0) is 22.2. The van der Waals surface area contributed by atoms with Crippen LogP contribution in [0.1, 0.15) is 38.8 Å². The number of ether oxygens (including phenoxy) is 3. The average molecular weight is 557 g/mol. The van der Waals surface area contributed by atoms with Gasteiger partial charge >= 0.3 is 0 Å². The number of hydrogen-bond donors (Lipinski definition) is 1. The van der Waals surface area contributed by atoms with Gasteiger partial charge in [-0.25, -0.2) is 9.98 Å². The SMILES string of the molecule is CCNC(=NCc1cc(OC)c(OCC)c(OC)c1)N1CCC(C)C(n2ccnc2)C1.I. The summed E-state index contributed by atoms with van der Waals surface area (Å²) in [6.45, 7) is 10.1. The molecule has 0 spiro atoms. The zero-order valence-electron chi connectivity index (χ0n) is 19.7. The van der Waals surface area contributed by atoms with E-state index in [4.69, 9.17) is 19.2 Å². The summed E-state index contributed by atoms with van der Waals surface area (Å²) in [6.07, 6.45) is 6.91. The maximum absolute atomic E-state index is 5.71. The fraction of sp³-hybridized carbons (Fsp3) is 0.565. The number of methoxy groups -OCH3 is 2. The van der Waals surface area contributed by atoms with Crippen molar-refractivity contribution < 1.29 is 14.2 Å². The molecular weight excluding hydrogens is 521 g/mol. The maximum atomic E-state index is 5.71. The molecule has 2 heterocycles. The number of aromatic nitrogens is 2. The molecule has 32 heavy (non-hydrogen) atoms. The van der Waals surface area contributed by atoms with Crippen molar-refractivity contribution in [3.05, 3.63) is 36.4 Å². The predicted octanol–water partition coefficient (Wildman–Crippen LogP) is 3.97. The lowest BCUT2D eigenvalue weighted by Gasteiger charge is -2.39. The van der Waals surface area contributed by atoms with E-state index in [1.54, 1.807) is 14.2 Å². The maximum Gasteiger partial charge on any atom is 0.203 e. The van der Waals surface area contributed by atoms with Crippen molar-refractivity contribution in [3.63, 3.8) is 0 Å². The summed E-state index contributed by atoms with van der Waals surface area (Å²) < 4.78 is 19.0. The van der Waals surface area contributed by atoms with Crippen LogP contribution in [-0.4, -0.2) is 60.9 Å². The molecule has 178 valence electrons. The first kappa shape index (κ1) is 26.1. The summed E-state index contributed by atoms with van der Waals surface area (Å²) in [6, 6.07) is 4.31. The lowest BCUT2D eigenvalue weighted by atomic mass is 9.93. The van der Waals surface area contributed by atoms with Gasteiger partial charge in [0.25, 0.3) is 0 Å². The van der Waals surface area contributed by atoms with E-state index in [1.807, 2.05) is 37.8 Å². The molecule has 0 saturated carbocycles. The summed E-state index contributed by atoms with van der Waals surface area (Å²) in [4.78, 5) is 11.5. The van der Waals surface area contributed by atoms with Crippen LogP contribution in [-0.2, 0) is 6.54 Å². The van der Waals surface area contributed by atoms with Crippen molar-refractivity contribution >= 4 is 29.9 Å². The Morgan fingerprint density at radius 3 is 2.50 bits per heavy atom. The van der Waals surface area contributed by atoms with Gasteiger partial charge in [0.05, 0.1) is 39.7 Å². The van der Waals surface area contributed by atoms with Crippen LogP contribution in [0.2, 0.25) is 0 Å². The molecular formula is C23H36IN5O3. The zero-order valence-corrected chi connectivity index (χ0v) is 22.0.